The van der Waals surface area contributed by atoms with Gasteiger partial charge in [0, 0.05) is 6.08 Å². The number of furan rings is 1. The number of alkyl halides is 3. The fourth-order valence-corrected chi connectivity index (χ4v) is 2.99. The minimum atomic E-state index is -4.81. The Hall–Kier alpha value is -4.22. The van der Waals surface area contributed by atoms with Gasteiger partial charge in [0.25, 0.3) is 0 Å². The molecule has 2 aromatic rings. The lowest BCUT2D eigenvalue weighted by molar-refractivity contribution is -0.274. The predicted octanol–water partition coefficient (Wildman–Crippen LogP) is 3.61. The van der Waals surface area contributed by atoms with E-state index in [1.165, 1.54) is 24.5 Å². The van der Waals surface area contributed by atoms with Gasteiger partial charge < -0.3 is 29.3 Å². The fraction of sp³-hybridized carbons (Fsp3) is 0.227. The Labute approximate surface area is 191 Å². The molecule has 2 heterocycles. The average Bonchev–Trinajstić information content (AvgIpc) is 3.30. The second-order valence-corrected chi connectivity index (χ2v) is 6.72. The number of halogens is 3. The normalized spacial score (nSPS) is 16.1. The number of hydrogen-bond acceptors (Lipinski definition) is 7. The average molecular weight is 480 g/mol. The first kappa shape index (κ1) is 24.4. The summed E-state index contributed by atoms with van der Waals surface area (Å²) in [6.45, 7) is 1.23. The third kappa shape index (κ3) is 6.64. The number of carbonyl (C=O) groups excluding carboxylic acids is 3. The number of ether oxygens (including phenoxy) is 3. The predicted molar refractivity (Wildman–Crippen MR) is 110 cm³/mol. The Kier molecular flexibility index (Phi) is 7.61. The monoisotopic (exact) mass is 480 g/mol. The van der Waals surface area contributed by atoms with E-state index in [4.69, 9.17) is 13.9 Å². The van der Waals surface area contributed by atoms with Gasteiger partial charge in [0.1, 0.15) is 24.2 Å². The van der Waals surface area contributed by atoms with E-state index in [-0.39, 0.29) is 23.6 Å². The van der Waals surface area contributed by atoms with Crippen LogP contribution in [0.1, 0.15) is 24.3 Å². The molecule has 1 aliphatic rings. The van der Waals surface area contributed by atoms with Crippen LogP contribution in [0.3, 0.4) is 0 Å². The SMILES string of the molecule is CCOC(=O)C1=C(COC(=O)/C=C/c2ccc(OC(F)(F)F)cc2)NC(=O)NC1c1ccco1. The lowest BCUT2D eigenvalue weighted by Gasteiger charge is -2.27. The standard InChI is InChI=1S/C22H19F3N2O7/c1-2-31-20(29)18-15(26-21(30)27-19(18)16-4-3-11-32-16)12-33-17(28)10-7-13-5-8-14(9-6-13)34-22(23,24)25/h3-11,19H,2,12H2,1H3,(H2,26,27,30)/b10-7+. The molecule has 0 aliphatic carbocycles. The third-order valence-electron chi connectivity index (χ3n) is 4.36. The van der Waals surface area contributed by atoms with Gasteiger partial charge in [-0.05, 0) is 42.8 Å². The summed E-state index contributed by atoms with van der Waals surface area (Å²) in [6, 6.07) is 6.36. The summed E-state index contributed by atoms with van der Waals surface area (Å²) in [5, 5.41) is 4.99. The van der Waals surface area contributed by atoms with Crippen molar-refractivity contribution in [1.29, 1.82) is 0 Å². The molecule has 0 radical (unpaired) electrons. The van der Waals surface area contributed by atoms with E-state index in [0.717, 1.165) is 18.2 Å². The van der Waals surface area contributed by atoms with Crippen molar-refractivity contribution in [2.45, 2.75) is 19.3 Å². The van der Waals surface area contributed by atoms with Crippen LogP contribution < -0.4 is 15.4 Å². The van der Waals surface area contributed by atoms with E-state index in [9.17, 15) is 27.6 Å². The van der Waals surface area contributed by atoms with E-state index < -0.39 is 42.7 Å². The molecule has 1 aromatic heterocycles. The number of hydrogen-bond donors (Lipinski definition) is 2. The summed E-state index contributed by atoms with van der Waals surface area (Å²) in [5.74, 6) is -1.69. The second kappa shape index (κ2) is 10.6. The Bertz CT molecular complexity index is 1090. The quantitative estimate of drug-likeness (QED) is 0.438. The lowest BCUT2D eigenvalue weighted by atomic mass is 10.0. The smallest absolute Gasteiger partial charge is 0.467 e. The van der Waals surface area contributed by atoms with Crippen molar-refractivity contribution in [3.63, 3.8) is 0 Å². The highest BCUT2D eigenvalue weighted by Crippen LogP contribution is 2.28. The molecule has 0 saturated heterocycles. The molecule has 180 valence electrons. The molecule has 0 bridgehead atoms. The van der Waals surface area contributed by atoms with Crippen LogP contribution in [0.2, 0.25) is 0 Å². The summed E-state index contributed by atoms with van der Waals surface area (Å²) in [4.78, 5) is 36.8. The third-order valence-corrected chi connectivity index (χ3v) is 4.36. The number of rotatable bonds is 8. The van der Waals surface area contributed by atoms with Gasteiger partial charge in [-0.25, -0.2) is 14.4 Å². The maximum absolute atomic E-state index is 12.5. The number of esters is 2. The van der Waals surface area contributed by atoms with Crippen molar-refractivity contribution in [3.05, 3.63) is 71.3 Å². The zero-order valence-corrected chi connectivity index (χ0v) is 17.7. The van der Waals surface area contributed by atoms with Crippen LogP contribution in [-0.4, -0.2) is 37.5 Å². The Balaban J connectivity index is 1.70. The highest BCUT2D eigenvalue weighted by Gasteiger charge is 2.35. The van der Waals surface area contributed by atoms with Crippen LogP contribution in [0.5, 0.6) is 5.75 Å². The summed E-state index contributed by atoms with van der Waals surface area (Å²) in [5.41, 5.74) is 0.429. The molecular formula is C22H19F3N2O7. The molecule has 0 saturated carbocycles. The molecule has 0 spiro atoms. The van der Waals surface area contributed by atoms with Crippen LogP contribution in [-0.2, 0) is 19.1 Å². The minimum absolute atomic E-state index is 0.00781. The Morgan fingerprint density at radius 2 is 1.88 bits per heavy atom. The molecule has 1 aromatic carbocycles. The van der Waals surface area contributed by atoms with Gasteiger partial charge in [-0.2, -0.15) is 0 Å². The molecular weight excluding hydrogens is 461 g/mol. The van der Waals surface area contributed by atoms with Gasteiger partial charge in [-0.3, -0.25) is 0 Å². The van der Waals surface area contributed by atoms with E-state index in [1.807, 2.05) is 0 Å². The van der Waals surface area contributed by atoms with E-state index in [0.29, 0.717) is 5.56 Å². The molecule has 12 heteroatoms. The van der Waals surface area contributed by atoms with Crippen LogP contribution in [0.4, 0.5) is 18.0 Å². The highest BCUT2D eigenvalue weighted by atomic mass is 19.4. The van der Waals surface area contributed by atoms with Crippen molar-refractivity contribution in [2.75, 3.05) is 13.2 Å². The summed E-state index contributed by atoms with van der Waals surface area (Å²) < 4.78 is 55.9. The van der Waals surface area contributed by atoms with Gasteiger partial charge in [0.2, 0.25) is 0 Å². The number of amides is 2. The summed E-state index contributed by atoms with van der Waals surface area (Å²) >= 11 is 0. The topological polar surface area (TPSA) is 116 Å². The van der Waals surface area contributed by atoms with Gasteiger partial charge in [-0.15, -0.1) is 13.2 Å². The second-order valence-electron chi connectivity index (χ2n) is 6.72. The first-order valence-corrected chi connectivity index (χ1v) is 9.88. The molecule has 1 aliphatic heterocycles. The zero-order chi connectivity index (χ0) is 24.7. The number of benzene rings is 1. The van der Waals surface area contributed by atoms with Gasteiger partial charge in [0.05, 0.1) is 24.1 Å². The molecule has 3 rings (SSSR count). The largest absolute Gasteiger partial charge is 0.573 e. The molecule has 2 amide bonds. The van der Waals surface area contributed by atoms with Crippen molar-refractivity contribution in [3.8, 4) is 5.75 Å². The van der Waals surface area contributed by atoms with E-state index >= 15 is 0 Å². The molecule has 0 fully saturated rings. The molecule has 2 N–H and O–H groups in total. The van der Waals surface area contributed by atoms with Gasteiger partial charge in [0.15, 0.2) is 0 Å². The molecule has 9 nitrogen and oxygen atoms in total. The molecule has 1 unspecified atom stereocenters. The number of nitrogens with one attached hydrogen (secondary N) is 2. The van der Waals surface area contributed by atoms with Crippen molar-refractivity contribution in [1.82, 2.24) is 10.6 Å². The first-order chi connectivity index (χ1) is 16.2. The molecule has 1 atom stereocenters. The van der Waals surface area contributed by atoms with Crippen LogP contribution in [0.15, 0.2) is 64.4 Å². The maximum atomic E-state index is 12.5. The van der Waals surface area contributed by atoms with Crippen LogP contribution in [0.25, 0.3) is 6.08 Å². The zero-order valence-electron chi connectivity index (χ0n) is 17.7. The Morgan fingerprint density at radius 1 is 1.15 bits per heavy atom. The molecule has 34 heavy (non-hydrogen) atoms. The van der Waals surface area contributed by atoms with Gasteiger partial charge >= 0.3 is 24.3 Å². The van der Waals surface area contributed by atoms with Crippen LogP contribution >= 0.6 is 0 Å². The highest BCUT2D eigenvalue weighted by molar-refractivity contribution is 5.95. The first-order valence-electron chi connectivity index (χ1n) is 9.88. The van der Waals surface area contributed by atoms with E-state index in [1.54, 1.807) is 19.1 Å². The Morgan fingerprint density at radius 3 is 2.50 bits per heavy atom. The summed E-state index contributed by atoms with van der Waals surface area (Å²) in [7, 11) is 0. The number of carbonyl (C=O) groups is 3. The maximum Gasteiger partial charge on any atom is 0.573 e. The van der Waals surface area contributed by atoms with Crippen molar-refractivity contribution >= 4 is 24.0 Å². The van der Waals surface area contributed by atoms with E-state index in [2.05, 4.69) is 15.4 Å². The van der Waals surface area contributed by atoms with Gasteiger partial charge in [-0.1, -0.05) is 12.1 Å². The minimum Gasteiger partial charge on any atom is -0.467 e. The van der Waals surface area contributed by atoms with Crippen molar-refractivity contribution < 1.29 is 46.2 Å². The van der Waals surface area contributed by atoms with Crippen molar-refractivity contribution in [2.24, 2.45) is 0 Å². The summed E-state index contributed by atoms with van der Waals surface area (Å²) in [6.07, 6.45) is -1.08. The van der Waals surface area contributed by atoms with Crippen LogP contribution in [0, 0.1) is 0 Å². The fourth-order valence-electron chi connectivity index (χ4n) is 2.99. The lowest BCUT2D eigenvalue weighted by Crippen LogP contribution is -2.47. The number of urea groups is 1.